The van der Waals surface area contributed by atoms with Gasteiger partial charge in [-0.05, 0) is 45.8 Å². The van der Waals surface area contributed by atoms with Crippen molar-refractivity contribution in [1.29, 1.82) is 0 Å². The van der Waals surface area contributed by atoms with Crippen LogP contribution in [-0.2, 0) is 6.54 Å². The Balaban J connectivity index is 1.62. The van der Waals surface area contributed by atoms with Crippen LogP contribution in [0.1, 0.15) is 19.8 Å². The molecule has 6 nitrogen and oxygen atoms in total. The first-order valence-electron chi connectivity index (χ1n) is 7.55. The lowest BCUT2D eigenvalue weighted by Crippen LogP contribution is -2.41. The molecule has 1 N–H and O–H groups in total. The summed E-state index contributed by atoms with van der Waals surface area (Å²) in [5, 5.41) is 13.5. The number of hydrogen-bond donors (Lipinski definition) is 1. The summed E-state index contributed by atoms with van der Waals surface area (Å²) in [6.45, 7) is 7.98. The zero-order valence-corrected chi connectivity index (χ0v) is 12.6. The molecule has 0 saturated carbocycles. The number of hydrogen-bond acceptors (Lipinski definition) is 5. The van der Waals surface area contributed by atoms with Crippen LogP contribution in [0.15, 0.2) is 12.7 Å². The van der Waals surface area contributed by atoms with Gasteiger partial charge in [-0.15, -0.1) is 0 Å². The summed E-state index contributed by atoms with van der Waals surface area (Å²) in [6.07, 6.45) is 5.61. The predicted octanol–water partition coefficient (Wildman–Crippen LogP) is 0.303. The fourth-order valence-electron chi connectivity index (χ4n) is 2.88. The second kappa shape index (κ2) is 7.71. The number of aromatic nitrogens is 3. The molecule has 0 amide bonds. The van der Waals surface area contributed by atoms with Gasteiger partial charge in [-0.2, -0.15) is 5.10 Å². The van der Waals surface area contributed by atoms with E-state index in [1.165, 1.54) is 12.8 Å². The molecular formula is C14H27N5O. The SMILES string of the molecule is C[C@@H](O)CN1CCC(CN(C)CCn2cncn2)CC1. The highest BCUT2D eigenvalue weighted by Gasteiger charge is 2.20. The highest BCUT2D eigenvalue weighted by Crippen LogP contribution is 2.18. The Morgan fingerprint density at radius 2 is 2.15 bits per heavy atom. The fourth-order valence-corrected chi connectivity index (χ4v) is 2.88. The molecule has 1 aliphatic rings. The Kier molecular flexibility index (Phi) is 5.94. The fraction of sp³-hybridized carbons (Fsp3) is 0.857. The van der Waals surface area contributed by atoms with Crippen LogP contribution in [0.25, 0.3) is 0 Å². The van der Waals surface area contributed by atoms with Crippen molar-refractivity contribution >= 4 is 0 Å². The van der Waals surface area contributed by atoms with E-state index in [1.807, 2.05) is 11.6 Å². The standard InChI is InChI=1S/C14H27N5O/c1-13(20)9-18-5-3-14(4-6-18)10-17(2)7-8-19-12-15-11-16-19/h11-14,20H,3-10H2,1-2H3/t13-/m1/s1. The second-order valence-electron chi connectivity index (χ2n) is 6.01. The lowest BCUT2D eigenvalue weighted by Gasteiger charge is -2.34. The normalized spacial score (nSPS) is 19.6. The van der Waals surface area contributed by atoms with Crippen LogP contribution in [0.3, 0.4) is 0 Å². The number of rotatable bonds is 7. The predicted molar refractivity (Wildman–Crippen MR) is 78.4 cm³/mol. The van der Waals surface area contributed by atoms with E-state index in [0.29, 0.717) is 0 Å². The second-order valence-corrected chi connectivity index (χ2v) is 6.01. The van der Waals surface area contributed by atoms with E-state index in [1.54, 1.807) is 12.7 Å². The summed E-state index contributed by atoms with van der Waals surface area (Å²) in [7, 11) is 2.18. The third kappa shape index (κ3) is 5.19. The first-order chi connectivity index (χ1) is 9.63. The number of likely N-dealkylation sites (tertiary alicyclic amines) is 1. The maximum Gasteiger partial charge on any atom is 0.137 e. The van der Waals surface area contributed by atoms with E-state index in [-0.39, 0.29) is 6.10 Å². The molecule has 1 saturated heterocycles. The van der Waals surface area contributed by atoms with Crippen molar-refractivity contribution in [2.75, 3.05) is 39.8 Å². The minimum Gasteiger partial charge on any atom is -0.392 e. The topological polar surface area (TPSA) is 57.4 Å². The molecule has 2 heterocycles. The lowest BCUT2D eigenvalue weighted by molar-refractivity contribution is 0.0921. The van der Waals surface area contributed by atoms with Crippen LogP contribution in [0, 0.1) is 5.92 Å². The molecule has 0 bridgehead atoms. The van der Waals surface area contributed by atoms with Crippen molar-refractivity contribution in [3.05, 3.63) is 12.7 Å². The molecule has 114 valence electrons. The van der Waals surface area contributed by atoms with E-state index >= 15 is 0 Å². The van der Waals surface area contributed by atoms with Crippen LogP contribution in [-0.4, -0.2) is 75.5 Å². The van der Waals surface area contributed by atoms with Gasteiger partial charge in [-0.25, -0.2) is 4.98 Å². The number of β-amino-alcohol motifs (C(OH)–C–C–N with tert-alkyl or cyclic N) is 1. The summed E-state index contributed by atoms with van der Waals surface area (Å²) in [5.41, 5.74) is 0. The maximum absolute atomic E-state index is 9.41. The van der Waals surface area contributed by atoms with Gasteiger partial charge in [0.15, 0.2) is 0 Å². The molecule has 0 unspecified atom stereocenters. The van der Waals surface area contributed by atoms with Gasteiger partial charge >= 0.3 is 0 Å². The van der Waals surface area contributed by atoms with E-state index in [0.717, 1.165) is 45.2 Å². The van der Waals surface area contributed by atoms with Gasteiger partial charge in [-0.3, -0.25) is 4.68 Å². The Morgan fingerprint density at radius 3 is 2.75 bits per heavy atom. The van der Waals surface area contributed by atoms with Gasteiger partial charge in [0.2, 0.25) is 0 Å². The first kappa shape index (κ1) is 15.4. The van der Waals surface area contributed by atoms with Gasteiger partial charge in [0.25, 0.3) is 0 Å². The molecule has 1 aromatic rings. The molecular weight excluding hydrogens is 254 g/mol. The molecule has 1 aliphatic heterocycles. The highest BCUT2D eigenvalue weighted by atomic mass is 16.3. The smallest absolute Gasteiger partial charge is 0.137 e. The monoisotopic (exact) mass is 281 g/mol. The quantitative estimate of drug-likeness (QED) is 0.779. The minimum atomic E-state index is -0.211. The van der Waals surface area contributed by atoms with Crippen LogP contribution < -0.4 is 0 Å². The van der Waals surface area contributed by atoms with E-state index < -0.39 is 0 Å². The third-order valence-corrected chi connectivity index (χ3v) is 3.98. The van der Waals surface area contributed by atoms with Crippen LogP contribution in [0.2, 0.25) is 0 Å². The van der Waals surface area contributed by atoms with Gasteiger partial charge in [0.05, 0.1) is 12.6 Å². The Labute approximate surface area is 121 Å². The van der Waals surface area contributed by atoms with Gasteiger partial charge in [0.1, 0.15) is 12.7 Å². The molecule has 1 aromatic heterocycles. The van der Waals surface area contributed by atoms with Crippen LogP contribution in [0.5, 0.6) is 0 Å². The molecule has 0 radical (unpaired) electrons. The summed E-state index contributed by atoms with van der Waals surface area (Å²) in [6, 6.07) is 0. The molecule has 0 spiro atoms. The van der Waals surface area contributed by atoms with Crippen molar-refractivity contribution < 1.29 is 5.11 Å². The third-order valence-electron chi connectivity index (χ3n) is 3.98. The van der Waals surface area contributed by atoms with E-state index in [2.05, 4.69) is 26.9 Å². The molecule has 2 rings (SSSR count). The number of aliphatic hydroxyl groups is 1. The summed E-state index contributed by atoms with van der Waals surface area (Å²) in [4.78, 5) is 8.71. The maximum atomic E-state index is 9.41. The highest BCUT2D eigenvalue weighted by molar-refractivity contribution is 4.75. The van der Waals surface area contributed by atoms with Crippen molar-refractivity contribution in [3.8, 4) is 0 Å². The van der Waals surface area contributed by atoms with Crippen molar-refractivity contribution in [1.82, 2.24) is 24.6 Å². The molecule has 20 heavy (non-hydrogen) atoms. The van der Waals surface area contributed by atoms with Crippen LogP contribution >= 0.6 is 0 Å². The van der Waals surface area contributed by atoms with Gasteiger partial charge < -0.3 is 14.9 Å². The summed E-state index contributed by atoms with van der Waals surface area (Å²) >= 11 is 0. The van der Waals surface area contributed by atoms with Crippen molar-refractivity contribution in [2.45, 2.75) is 32.4 Å². The van der Waals surface area contributed by atoms with E-state index in [4.69, 9.17) is 0 Å². The summed E-state index contributed by atoms with van der Waals surface area (Å²) in [5.74, 6) is 0.779. The van der Waals surface area contributed by atoms with Gasteiger partial charge in [-0.1, -0.05) is 0 Å². The minimum absolute atomic E-state index is 0.211. The van der Waals surface area contributed by atoms with Gasteiger partial charge in [0, 0.05) is 19.6 Å². The molecule has 1 atom stereocenters. The number of likely N-dealkylation sites (N-methyl/N-ethyl adjacent to an activating group) is 1. The van der Waals surface area contributed by atoms with Crippen molar-refractivity contribution in [3.63, 3.8) is 0 Å². The first-order valence-corrected chi connectivity index (χ1v) is 7.55. The van der Waals surface area contributed by atoms with Crippen LogP contribution in [0.4, 0.5) is 0 Å². The van der Waals surface area contributed by atoms with E-state index in [9.17, 15) is 5.11 Å². The lowest BCUT2D eigenvalue weighted by atomic mass is 9.96. The number of nitrogens with zero attached hydrogens (tertiary/aromatic N) is 5. The Morgan fingerprint density at radius 1 is 1.40 bits per heavy atom. The zero-order chi connectivity index (χ0) is 14.4. The summed E-state index contributed by atoms with van der Waals surface area (Å²) < 4.78 is 1.88. The number of aliphatic hydroxyl groups excluding tert-OH is 1. The average molecular weight is 281 g/mol. The largest absolute Gasteiger partial charge is 0.392 e. The molecule has 0 aromatic carbocycles. The molecule has 6 heteroatoms. The Hall–Kier alpha value is -0.980. The molecule has 1 fully saturated rings. The molecule has 0 aliphatic carbocycles. The number of piperidine rings is 1. The Bertz CT molecular complexity index is 360. The zero-order valence-electron chi connectivity index (χ0n) is 12.6. The average Bonchev–Trinajstić information content (AvgIpc) is 2.91. The van der Waals surface area contributed by atoms with Crippen molar-refractivity contribution in [2.24, 2.45) is 5.92 Å².